The van der Waals surface area contributed by atoms with Crippen LogP contribution in [0.1, 0.15) is 23.2 Å². The number of nitrogens with one attached hydrogen (secondary N) is 1. The Morgan fingerprint density at radius 3 is 2.44 bits per heavy atom. The van der Waals surface area contributed by atoms with Gasteiger partial charge in [0.2, 0.25) is 0 Å². The first-order valence-corrected chi connectivity index (χ1v) is 6.20. The monoisotopic (exact) mass is 343 g/mol. The van der Waals surface area contributed by atoms with Gasteiger partial charge in [0, 0.05) is 5.56 Å². The average molecular weight is 345 g/mol. The van der Waals surface area contributed by atoms with E-state index in [2.05, 4.69) is 48.2 Å². The van der Waals surface area contributed by atoms with Gasteiger partial charge in [-0.2, -0.15) is 5.26 Å². The Morgan fingerprint density at radius 2 is 2.00 bits per heavy atom. The zero-order valence-corrected chi connectivity index (χ0v) is 11.3. The quantitative estimate of drug-likeness (QED) is 0.838. The van der Waals surface area contributed by atoms with Gasteiger partial charge >= 0.3 is 0 Å². The molecule has 1 heterocycles. The summed E-state index contributed by atoms with van der Waals surface area (Å²) < 4.78 is 1.16. The van der Waals surface area contributed by atoms with Gasteiger partial charge in [-0.15, -0.1) is 0 Å². The van der Waals surface area contributed by atoms with Crippen molar-refractivity contribution >= 4 is 37.8 Å². The van der Waals surface area contributed by atoms with Crippen molar-refractivity contribution in [2.45, 2.75) is 18.4 Å². The molecule has 1 amide bonds. The molecule has 0 radical (unpaired) electrons. The highest BCUT2D eigenvalue weighted by Gasteiger charge is 2.44. The van der Waals surface area contributed by atoms with Crippen molar-refractivity contribution < 1.29 is 4.79 Å². The van der Waals surface area contributed by atoms with E-state index >= 15 is 0 Å². The highest BCUT2D eigenvalue weighted by atomic mass is 79.9. The van der Waals surface area contributed by atoms with Crippen molar-refractivity contribution in [1.82, 2.24) is 10.3 Å². The number of aromatic nitrogens is 1. The third-order valence-electron chi connectivity index (χ3n) is 2.34. The number of amides is 1. The van der Waals surface area contributed by atoms with Crippen LogP contribution < -0.4 is 5.32 Å². The van der Waals surface area contributed by atoms with E-state index in [1.54, 1.807) is 12.1 Å². The molecule has 16 heavy (non-hydrogen) atoms. The first-order valence-electron chi connectivity index (χ1n) is 4.61. The zero-order chi connectivity index (χ0) is 11.8. The maximum Gasteiger partial charge on any atom is 0.252 e. The maximum absolute atomic E-state index is 11.8. The Bertz CT molecular complexity index is 471. The van der Waals surface area contributed by atoms with Crippen LogP contribution in [0, 0.1) is 11.3 Å². The van der Waals surface area contributed by atoms with E-state index in [0.29, 0.717) is 14.8 Å². The smallest absolute Gasteiger partial charge is 0.252 e. The van der Waals surface area contributed by atoms with Crippen LogP contribution in [0.25, 0.3) is 0 Å². The fourth-order valence-corrected chi connectivity index (χ4v) is 2.39. The van der Waals surface area contributed by atoms with Gasteiger partial charge in [0.1, 0.15) is 14.7 Å². The third-order valence-corrected chi connectivity index (χ3v) is 3.15. The lowest BCUT2D eigenvalue weighted by atomic mass is 10.2. The number of pyridine rings is 1. The van der Waals surface area contributed by atoms with Gasteiger partial charge < -0.3 is 5.32 Å². The molecule has 6 heteroatoms. The van der Waals surface area contributed by atoms with Gasteiger partial charge in [0.25, 0.3) is 5.91 Å². The van der Waals surface area contributed by atoms with E-state index in [-0.39, 0.29) is 5.91 Å². The molecule has 1 aliphatic carbocycles. The number of hydrogen-bond acceptors (Lipinski definition) is 3. The minimum Gasteiger partial charge on any atom is -0.334 e. The molecule has 1 N–H and O–H groups in total. The van der Waals surface area contributed by atoms with Crippen molar-refractivity contribution in [3.63, 3.8) is 0 Å². The molecule has 0 aromatic carbocycles. The maximum atomic E-state index is 11.8. The van der Waals surface area contributed by atoms with E-state index < -0.39 is 5.54 Å². The highest BCUT2D eigenvalue weighted by Crippen LogP contribution is 2.34. The second-order valence-corrected chi connectivity index (χ2v) is 5.27. The molecule has 0 bridgehead atoms. The third kappa shape index (κ3) is 2.42. The van der Waals surface area contributed by atoms with Gasteiger partial charge in [-0.1, -0.05) is 0 Å². The van der Waals surface area contributed by atoms with Gasteiger partial charge in [0.15, 0.2) is 0 Å². The molecule has 0 unspecified atom stereocenters. The summed E-state index contributed by atoms with van der Waals surface area (Å²) in [6.45, 7) is 0. The largest absolute Gasteiger partial charge is 0.334 e. The normalized spacial score (nSPS) is 16.3. The summed E-state index contributed by atoms with van der Waals surface area (Å²) in [6, 6.07) is 5.35. The molecule has 1 saturated carbocycles. The van der Waals surface area contributed by atoms with E-state index in [4.69, 9.17) is 5.26 Å². The number of nitrogens with zero attached hydrogens (tertiary/aromatic N) is 2. The summed E-state index contributed by atoms with van der Waals surface area (Å²) in [5.74, 6) is -0.247. The molecular weight excluding hydrogens is 338 g/mol. The topological polar surface area (TPSA) is 65.8 Å². The summed E-state index contributed by atoms with van der Waals surface area (Å²) in [6.07, 6.45) is 1.45. The van der Waals surface area contributed by atoms with Gasteiger partial charge in [-0.25, -0.2) is 4.98 Å². The molecule has 82 valence electrons. The van der Waals surface area contributed by atoms with Gasteiger partial charge in [-0.05, 0) is 56.8 Å². The van der Waals surface area contributed by atoms with Crippen molar-refractivity contribution in [2.24, 2.45) is 0 Å². The first-order chi connectivity index (χ1) is 7.54. The summed E-state index contributed by atoms with van der Waals surface area (Å²) in [7, 11) is 0. The average Bonchev–Trinajstić information content (AvgIpc) is 2.97. The molecule has 4 nitrogen and oxygen atoms in total. The van der Waals surface area contributed by atoms with Crippen molar-refractivity contribution in [3.8, 4) is 6.07 Å². The molecule has 0 atom stereocenters. The molecule has 1 aromatic heterocycles. The highest BCUT2D eigenvalue weighted by molar-refractivity contribution is 9.11. The standard InChI is InChI=1S/C10H7Br2N3O/c11-7-3-6(4-8(12)14-7)9(16)15-10(5-13)1-2-10/h3-4H,1-2H2,(H,15,16). The van der Waals surface area contributed by atoms with Crippen molar-refractivity contribution in [3.05, 3.63) is 26.9 Å². The van der Waals surface area contributed by atoms with Crippen LogP contribution in [0.15, 0.2) is 21.3 Å². The van der Waals surface area contributed by atoms with E-state index in [1.807, 2.05) is 0 Å². The fraction of sp³-hybridized carbons (Fsp3) is 0.300. The Hall–Kier alpha value is -0.930. The summed E-state index contributed by atoms with van der Waals surface area (Å²) in [5, 5.41) is 11.6. The SMILES string of the molecule is N#CC1(NC(=O)c2cc(Br)nc(Br)c2)CC1. The van der Waals surface area contributed by atoms with Gasteiger partial charge in [-0.3, -0.25) is 4.79 Å². The number of carbonyl (C=O) groups excluding carboxylic acids is 1. The van der Waals surface area contributed by atoms with Gasteiger partial charge in [0.05, 0.1) is 6.07 Å². The number of carbonyl (C=O) groups is 1. The van der Waals surface area contributed by atoms with Crippen LogP contribution >= 0.6 is 31.9 Å². The van der Waals surface area contributed by atoms with Crippen molar-refractivity contribution in [2.75, 3.05) is 0 Å². The molecule has 0 saturated heterocycles. The number of nitriles is 1. The lowest BCUT2D eigenvalue weighted by Gasteiger charge is -2.09. The van der Waals surface area contributed by atoms with E-state index in [1.165, 1.54) is 0 Å². The molecule has 1 aromatic rings. The lowest BCUT2D eigenvalue weighted by molar-refractivity contribution is 0.0941. The summed E-state index contributed by atoms with van der Waals surface area (Å²) >= 11 is 6.41. The second-order valence-electron chi connectivity index (χ2n) is 3.65. The summed E-state index contributed by atoms with van der Waals surface area (Å²) in [5.41, 5.74) is -0.158. The van der Waals surface area contributed by atoms with Crippen LogP contribution in [0.4, 0.5) is 0 Å². The van der Waals surface area contributed by atoms with Crippen LogP contribution in [0.2, 0.25) is 0 Å². The molecule has 0 spiro atoms. The van der Waals surface area contributed by atoms with Crippen LogP contribution in [-0.4, -0.2) is 16.4 Å². The Labute approximate surface area is 109 Å². The van der Waals surface area contributed by atoms with E-state index in [0.717, 1.165) is 12.8 Å². The van der Waals surface area contributed by atoms with Crippen LogP contribution in [0.5, 0.6) is 0 Å². The molecule has 2 rings (SSSR count). The van der Waals surface area contributed by atoms with Crippen molar-refractivity contribution in [1.29, 1.82) is 5.26 Å². The van der Waals surface area contributed by atoms with Crippen LogP contribution in [-0.2, 0) is 0 Å². The Balaban J connectivity index is 2.18. The lowest BCUT2D eigenvalue weighted by Crippen LogP contribution is -2.35. The zero-order valence-electron chi connectivity index (χ0n) is 8.13. The molecular formula is C10H7Br2N3O. The Morgan fingerprint density at radius 1 is 1.44 bits per heavy atom. The second kappa shape index (κ2) is 4.15. The number of hydrogen-bond donors (Lipinski definition) is 1. The fourth-order valence-electron chi connectivity index (χ4n) is 1.28. The predicted octanol–water partition coefficient (Wildman–Crippen LogP) is 2.39. The summed E-state index contributed by atoms with van der Waals surface area (Å²) in [4.78, 5) is 15.9. The molecule has 0 aliphatic heterocycles. The molecule has 1 aliphatic rings. The minimum absolute atomic E-state index is 0.247. The number of halogens is 2. The van der Waals surface area contributed by atoms with Crippen LogP contribution in [0.3, 0.4) is 0 Å². The first kappa shape index (κ1) is 11.6. The minimum atomic E-state index is -0.640. The predicted molar refractivity (Wildman–Crippen MR) is 64.7 cm³/mol. The van der Waals surface area contributed by atoms with E-state index in [9.17, 15) is 4.79 Å². The molecule has 1 fully saturated rings. The Kier molecular flexibility index (Phi) is 3.00. The number of rotatable bonds is 2.